The fourth-order valence-electron chi connectivity index (χ4n) is 3.37. The molecule has 1 unspecified atom stereocenters. The molecule has 3 nitrogen and oxygen atoms in total. The van der Waals surface area contributed by atoms with Gasteiger partial charge >= 0.3 is 12.1 Å². The van der Waals surface area contributed by atoms with Crippen LogP contribution in [0.2, 0.25) is 0 Å². The van der Waals surface area contributed by atoms with Gasteiger partial charge in [0.15, 0.2) is 0 Å². The lowest BCUT2D eigenvalue weighted by molar-refractivity contribution is -0.137. The molecule has 0 fully saturated rings. The third-order valence-corrected chi connectivity index (χ3v) is 6.36. The molecule has 3 aromatic rings. The van der Waals surface area contributed by atoms with Gasteiger partial charge in [-0.2, -0.15) is 13.2 Å². The van der Waals surface area contributed by atoms with Crippen molar-refractivity contribution in [3.05, 3.63) is 76.2 Å². The number of aryl methyl sites for hydroxylation is 1. The molecule has 1 atom stereocenters. The van der Waals surface area contributed by atoms with Gasteiger partial charge in [0.25, 0.3) is 0 Å². The Labute approximate surface area is 189 Å². The van der Waals surface area contributed by atoms with Crippen LogP contribution in [0.1, 0.15) is 52.7 Å². The predicted molar refractivity (Wildman–Crippen MR) is 120 cm³/mol. The average molecular weight is 463 g/mol. The Morgan fingerprint density at radius 2 is 1.66 bits per heavy atom. The Morgan fingerprint density at radius 3 is 2.19 bits per heavy atom. The second-order valence-electron chi connectivity index (χ2n) is 7.99. The maximum atomic E-state index is 12.9. The van der Waals surface area contributed by atoms with E-state index in [4.69, 9.17) is 9.47 Å². The molecule has 0 saturated heterocycles. The number of rotatable bonds is 7. The highest BCUT2D eigenvalue weighted by Crippen LogP contribution is 2.40. The molecular weight excluding hydrogens is 437 g/mol. The van der Waals surface area contributed by atoms with Crippen molar-refractivity contribution in [3.8, 4) is 16.2 Å². The van der Waals surface area contributed by atoms with Crippen molar-refractivity contribution in [2.75, 3.05) is 7.11 Å². The molecular formula is C25H25F3O3S. The van der Waals surface area contributed by atoms with Gasteiger partial charge in [0.2, 0.25) is 0 Å². The first kappa shape index (κ1) is 23.9. The van der Waals surface area contributed by atoms with Crippen LogP contribution >= 0.6 is 11.3 Å². The monoisotopic (exact) mass is 462 g/mol. The summed E-state index contributed by atoms with van der Waals surface area (Å²) in [5.41, 5.74) is 1.55. The largest absolute Gasteiger partial charge is 0.485 e. The highest BCUT2D eigenvalue weighted by atomic mass is 32.1. The van der Waals surface area contributed by atoms with E-state index in [9.17, 15) is 18.0 Å². The zero-order valence-electron chi connectivity index (χ0n) is 18.3. The molecule has 0 aliphatic rings. The lowest BCUT2D eigenvalue weighted by atomic mass is 10.0. The lowest BCUT2D eigenvalue weighted by Gasteiger charge is -2.21. The van der Waals surface area contributed by atoms with Crippen LogP contribution in [0.25, 0.3) is 10.4 Å². The highest BCUT2D eigenvalue weighted by molar-refractivity contribution is 7.15. The summed E-state index contributed by atoms with van der Waals surface area (Å²) in [6, 6.07) is 14.0. The van der Waals surface area contributed by atoms with Gasteiger partial charge < -0.3 is 9.47 Å². The molecule has 0 spiro atoms. The molecule has 1 aromatic heterocycles. The van der Waals surface area contributed by atoms with Crippen LogP contribution in [0.5, 0.6) is 5.75 Å². The van der Waals surface area contributed by atoms with Gasteiger partial charge in [0.05, 0.1) is 18.2 Å². The molecule has 170 valence electrons. The number of methoxy groups -OCH3 is 1. The molecule has 2 aromatic carbocycles. The summed E-state index contributed by atoms with van der Waals surface area (Å²) in [5.74, 6) is 0.586. The minimum absolute atomic E-state index is 0.216. The van der Waals surface area contributed by atoms with Crippen molar-refractivity contribution in [1.29, 1.82) is 0 Å². The van der Waals surface area contributed by atoms with Crippen LogP contribution in [0.3, 0.4) is 0 Å². The first-order valence-electron chi connectivity index (χ1n) is 10.2. The highest BCUT2D eigenvalue weighted by Gasteiger charge is 2.30. The number of halogens is 3. The average Bonchev–Trinajstić information content (AvgIpc) is 3.14. The number of hydrogen-bond acceptors (Lipinski definition) is 4. The number of benzene rings is 2. The van der Waals surface area contributed by atoms with Crippen LogP contribution in [0.15, 0.2) is 54.6 Å². The summed E-state index contributed by atoms with van der Waals surface area (Å²) in [6.07, 6.45) is -3.80. The fourth-order valence-corrected chi connectivity index (χ4v) is 4.59. The second-order valence-corrected chi connectivity index (χ2v) is 9.07. The van der Waals surface area contributed by atoms with E-state index in [1.165, 1.54) is 30.6 Å². The lowest BCUT2D eigenvalue weighted by Crippen LogP contribution is -2.10. The maximum absolute atomic E-state index is 12.9. The minimum Gasteiger partial charge on any atom is -0.485 e. The zero-order valence-corrected chi connectivity index (χ0v) is 19.1. The third kappa shape index (κ3) is 5.71. The third-order valence-electron chi connectivity index (χ3n) is 4.98. The van der Waals surface area contributed by atoms with Crippen molar-refractivity contribution in [3.63, 3.8) is 0 Å². The first-order chi connectivity index (χ1) is 15.1. The normalized spacial score (nSPS) is 12.6. The Morgan fingerprint density at radius 1 is 1.03 bits per heavy atom. The number of carbonyl (C=O) groups is 1. The first-order valence-corrected chi connectivity index (χ1v) is 11.0. The predicted octanol–water partition coefficient (Wildman–Crippen LogP) is 7.70. The van der Waals surface area contributed by atoms with Crippen molar-refractivity contribution in [1.82, 2.24) is 0 Å². The van der Waals surface area contributed by atoms with Crippen molar-refractivity contribution in [2.24, 2.45) is 5.92 Å². The summed E-state index contributed by atoms with van der Waals surface area (Å²) in [7, 11) is 1.33. The quantitative estimate of drug-likeness (QED) is 0.338. The number of hydrogen-bond donors (Lipinski definition) is 0. The van der Waals surface area contributed by atoms with Gasteiger partial charge in [0.1, 0.15) is 11.9 Å². The summed E-state index contributed by atoms with van der Waals surface area (Å²) >= 11 is 1.53. The summed E-state index contributed by atoms with van der Waals surface area (Å²) in [6.45, 7) is 6.20. The maximum Gasteiger partial charge on any atom is 0.416 e. The van der Waals surface area contributed by atoms with Crippen molar-refractivity contribution < 1.29 is 27.4 Å². The molecule has 0 aliphatic heterocycles. The van der Waals surface area contributed by atoms with Crippen molar-refractivity contribution >= 4 is 17.3 Å². The Kier molecular flexibility index (Phi) is 7.29. The van der Waals surface area contributed by atoms with Crippen molar-refractivity contribution in [2.45, 2.75) is 39.5 Å². The minimum atomic E-state index is -4.35. The molecule has 7 heteroatoms. The molecule has 0 bridgehead atoms. The molecule has 32 heavy (non-hydrogen) atoms. The second kappa shape index (κ2) is 9.77. The van der Waals surface area contributed by atoms with Gasteiger partial charge in [-0.1, -0.05) is 26.0 Å². The topological polar surface area (TPSA) is 35.5 Å². The number of alkyl halides is 3. The number of ether oxygens (including phenoxy) is 2. The van der Waals surface area contributed by atoms with Crippen LogP contribution in [-0.4, -0.2) is 13.1 Å². The number of thiophene rings is 1. The molecule has 0 N–H and O–H groups in total. The molecule has 0 radical (unpaired) electrons. The van der Waals surface area contributed by atoms with Crippen LogP contribution in [0.4, 0.5) is 13.2 Å². The SMILES string of the molecule is COC(=O)c1ccc(OC(CC(C)C)c2sc(-c3ccc(C(F)(F)F)cc3)cc2C)cc1. The number of esters is 1. The number of carbonyl (C=O) groups excluding carboxylic acids is 1. The van der Waals surface area contributed by atoms with Gasteiger partial charge in [-0.15, -0.1) is 11.3 Å². The van der Waals surface area contributed by atoms with Gasteiger partial charge in [-0.25, -0.2) is 4.79 Å². The summed E-state index contributed by atoms with van der Waals surface area (Å²) in [4.78, 5) is 13.6. The zero-order chi connectivity index (χ0) is 23.5. The fraction of sp³-hybridized carbons (Fsp3) is 0.320. The standard InChI is InChI=1S/C25H25F3O3S/c1-15(2)13-21(31-20-11-7-18(8-12-20)24(29)30-4)23-16(3)14-22(32-23)17-5-9-19(10-6-17)25(26,27)28/h5-12,14-15,21H,13H2,1-4H3. The van der Waals surface area contributed by atoms with Crippen LogP contribution in [-0.2, 0) is 10.9 Å². The molecule has 0 amide bonds. The smallest absolute Gasteiger partial charge is 0.416 e. The van der Waals surface area contributed by atoms with E-state index in [0.717, 1.165) is 39.4 Å². The van der Waals surface area contributed by atoms with Crippen LogP contribution < -0.4 is 4.74 Å². The molecule has 1 heterocycles. The van der Waals surface area contributed by atoms with E-state index in [0.29, 0.717) is 17.2 Å². The van der Waals surface area contributed by atoms with E-state index in [2.05, 4.69) is 13.8 Å². The molecule has 3 rings (SSSR count). The summed E-state index contributed by atoms with van der Waals surface area (Å²) < 4.78 is 49.6. The van der Waals surface area contributed by atoms with E-state index >= 15 is 0 Å². The summed E-state index contributed by atoms with van der Waals surface area (Å²) in [5, 5.41) is 0. The van der Waals surface area contributed by atoms with Gasteiger partial charge in [0, 0.05) is 9.75 Å². The molecule has 0 aliphatic carbocycles. The van der Waals surface area contributed by atoms with Gasteiger partial charge in [-0.05, 0) is 72.9 Å². The van der Waals surface area contributed by atoms with E-state index in [-0.39, 0.29) is 6.10 Å². The Balaban J connectivity index is 1.87. The van der Waals surface area contributed by atoms with Crippen LogP contribution in [0, 0.1) is 12.8 Å². The van der Waals surface area contributed by atoms with E-state index in [1.807, 2.05) is 13.0 Å². The van der Waals surface area contributed by atoms with E-state index in [1.54, 1.807) is 24.3 Å². The Hall–Kier alpha value is -2.80. The molecule has 0 saturated carbocycles. The van der Waals surface area contributed by atoms with Gasteiger partial charge in [-0.3, -0.25) is 0 Å². The van der Waals surface area contributed by atoms with E-state index < -0.39 is 17.7 Å². The Bertz CT molecular complexity index is 1050.